The summed E-state index contributed by atoms with van der Waals surface area (Å²) in [5.41, 5.74) is 3.87. The number of nitrogens with one attached hydrogen (secondary N) is 1. The Bertz CT molecular complexity index is 720. The number of aromatic amines is 1. The van der Waals surface area contributed by atoms with Crippen LogP contribution < -0.4 is 0 Å². The normalized spacial score (nSPS) is 24.1. The molecule has 4 rings (SSSR count). The molecule has 2 aromatic rings. The van der Waals surface area contributed by atoms with Crippen LogP contribution in [-0.4, -0.2) is 53.6 Å². The molecule has 1 atom stereocenters. The number of hydrogen-bond donors (Lipinski definition) is 1. The summed E-state index contributed by atoms with van der Waals surface area (Å²) >= 11 is 0. The number of halogens is 1. The molecule has 0 bridgehead atoms. The number of benzene rings is 1. The Labute approximate surface area is 128 Å². The standard InChI is InChI=1S/C17H20FN3O/c1-11-5-12-7-19-20-17(12)6-15(11)14-3-2-4-21(8-16(14)18)13-9-22-10-13/h3,5-7,13,16H,2,4,8-10H2,1H3,(H,19,20). The predicted octanol–water partition coefficient (Wildman–Crippen LogP) is 2.70. The number of hydrogen-bond acceptors (Lipinski definition) is 3. The van der Waals surface area contributed by atoms with Crippen LogP contribution in [-0.2, 0) is 4.74 Å². The zero-order valence-corrected chi connectivity index (χ0v) is 12.7. The summed E-state index contributed by atoms with van der Waals surface area (Å²) in [6, 6.07) is 4.49. The van der Waals surface area contributed by atoms with Gasteiger partial charge in [-0.2, -0.15) is 5.10 Å². The molecule has 2 aliphatic heterocycles. The van der Waals surface area contributed by atoms with E-state index in [4.69, 9.17) is 4.74 Å². The lowest BCUT2D eigenvalue weighted by molar-refractivity contribution is -0.0669. The molecule has 4 nitrogen and oxygen atoms in total. The van der Waals surface area contributed by atoms with Gasteiger partial charge in [-0.15, -0.1) is 0 Å². The van der Waals surface area contributed by atoms with E-state index in [2.05, 4.69) is 27.2 Å². The monoisotopic (exact) mass is 301 g/mol. The Kier molecular flexibility index (Phi) is 3.47. The van der Waals surface area contributed by atoms with Gasteiger partial charge in [0, 0.05) is 18.5 Å². The fourth-order valence-corrected chi connectivity index (χ4v) is 3.37. The lowest BCUT2D eigenvalue weighted by Gasteiger charge is -2.37. The van der Waals surface area contributed by atoms with E-state index in [9.17, 15) is 4.39 Å². The highest BCUT2D eigenvalue weighted by molar-refractivity contribution is 5.85. The van der Waals surface area contributed by atoms with Crippen LogP contribution >= 0.6 is 0 Å². The Hall–Kier alpha value is -1.72. The fourth-order valence-electron chi connectivity index (χ4n) is 3.37. The molecule has 0 amide bonds. The third-order valence-corrected chi connectivity index (χ3v) is 4.75. The molecule has 1 N–H and O–H groups in total. The summed E-state index contributed by atoms with van der Waals surface area (Å²) in [4.78, 5) is 2.22. The summed E-state index contributed by atoms with van der Waals surface area (Å²) in [5, 5.41) is 8.10. The van der Waals surface area contributed by atoms with Crippen LogP contribution in [0.4, 0.5) is 4.39 Å². The third kappa shape index (κ3) is 2.34. The minimum atomic E-state index is -0.956. The van der Waals surface area contributed by atoms with Crippen molar-refractivity contribution in [3.63, 3.8) is 0 Å². The number of aromatic nitrogens is 2. The van der Waals surface area contributed by atoms with Gasteiger partial charge in [0.1, 0.15) is 6.17 Å². The van der Waals surface area contributed by atoms with Crippen LogP contribution in [0.3, 0.4) is 0 Å². The van der Waals surface area contributed by atoms with E-state index in [-0.39, 0.29) is 0 Å². The maximum absolute atomic E-state index is 14.9. The van der Waals surface area contributed by atoms with E-state index in [1.165, 1.54) is 0 Å². The van der Waals surface area contributed by atoms with Crippen molar-refractivity contribution in [3.8, 4) is 0 Å². The van der Waals surface area contributed by atoms with Gasteiger partial charge in [0.15, 0.2) is 0 Å². The SMILES string of the molecule is Cc1cc2cn[nH]c2cc1C1=CCCN(C2COC2)CC1F. The molecule has 1 saturated heterocycles. The van der Waals surface area contributed by atoms with Gasteiger partial charge < -0.3 is 4.74 Å². The molecule has 1 fully saturated rings. The summed E-state index contributed by atoms with van der Waals surface area (Å²) < 4.78 is 20.1. The minimum Gasteiger partial charge on any atom is -0.378 e. The molecule has 0 saturated carbocycles. The highest BCUT2D eigenvalue weighted by Crippen LogP contribution is 2.31. The summed E-state index contributed by atoms with van der Waals surface area (Å²) in [5.74, 6) is 0. The van der Waals surface area contributed by atoms with E-state index in [1.54, 1.807) is 6.20 Å². The molecule has 0 aliphatic carbocycles. The maximum atomic E-state index is 14.9. The van der Waals surface area contributed by atoms with Crippen LogP contribution in [0.1, 0.15) is 17.5 Å². The van der Waals surface area contributed by atoms with Crippen molar-refractivity contribution in [1.82, 2.24) is 15.1 Å². The Morgan fingerprint density at radius 2 is 2.23 bits per heavy atom. The van der Waals surface area contributed by atoms with E-state index < -0.39 is 6.17 Å². The molecule has 1 aromatic carbocycles. The number of H-pyrrole nitrogens is 1. The topological polar surface area (TPSA) is 41.2 Å². The van der Waals surface area contributed by atoms with Gasteiger partial charge >= 0.3 is 0 Å². The van der Waals surface area contributed by atoms with Gasteiger partial charge in [-0.05, 0) is 42.2 Å². The molecule has 0 radical (unpaired) electrons. The highest BCUT2D eigenvalue weighted by atomic mass is 19.1. The van der Waals surface area contributed by atoms with Crippen molar-refractivity contribution in [2.45, 2.75) is 25.6 Å². The van der Waals surface area contributed by atoms with Crippen molar-refractivity contribution in [2.75, 3.05) is 26.3 Å². The van der Waals surface area contributed by atoms with Gasteiger partial charge in [-0.25, -0.2) is 4.39 Å². The molecule has 1 unspecified atom stereocenters. The first kappa shape index (κ1) is 13.9. The van der Waals surface area contributed by atoms with E-state index in [0.717, 1.165) is 53.8 Å². The maximum Gasteiger partial charge on any atom is 0.138 e. The Balaban J connectivity index is 1.64. The number of fused-ring (bicyclic) bond motifs is 1. The van der Waals surface area contributed by atoms with Gasteiger partial charge in [-0.3, -0.25) is 10.00 Å². The van der Waals surface area contributed by atoms with Crippen molar-refractivity contribution >= 4 is 16.5 Å². The summed E-state index contributed by atoms with van der Waals surface area (Å²) in [6.07, 6.45) is 3.79. The van der Waals surface area contributed by atoms with E-state index >= 15 is 0 Å². The van der Waals surface area contributed by atoms with Crippen molar-refractivity contribution in [1.29, 1.82) is 0 Å². The Morgan fingerprint density at radius 3 is 3.00 bits per heavy atom. The summed E-state index contributed by atoms with van der Waals surface area (Å²) in [7, 11) is 0. The molecule has 1 aromatic heterocycles. The van der Waals surface area contributed by atoms with Gasteiger partial charge in [-0.1, -0.05) is 6.08 Å². The second kappa shape index (κ2) is 5.48. The Morgan fingerprint density at radius 1 is 1.36 bits per heavy atom. The molecular formula is C17H20FN3O. The zero-order chi connectivity index (χ0) is 15.1. The number of nitrogens with zero attached hydrogens (tertiary/aromatic N) is 2. The van der Waals surface area contributed by atoms with Crippen molar-refractivity contribution < 1.29 is 9.13 Å². The third-order valence-electron chi connectivity index (χ3n) is 4.75. The van der Waals surface area contributed by atoms with E-state index in [0.29, 0.717) is 12.6 Å². The number of ether oxygens (including phenoxy) is 1. The number of aryl methyl sites for hydroxylation is 1. The first-order valence-electron chi connectivity index (χ1n) is 7.82. The largest absolute Gasteiger partial charge is 0.378 e. The first-order valence-corrected chi connectivity index (χ1v) is 7.82. The van der Waals surface area contributed by atoms with Gasteiger partial charge in [0.25, 0.3) is 0 Å². The average molecular weight is 301 g/mol. The predicted molar refractivity (Wildman–Crippen MR) is 84.5 cm³/mol. The molecular weight excluding hydrogens is 281 g/mol. The van der Waals surface area contributed by atoms with E-state index in [1.807, 2.05) is 13.0 Å². The van der Waals surface area contributed by atoms with Gasteiger partial charge in [0.05, 0.1) is 31.0 Å². The smallest absolute Gasteiger partial charge is 0.138 e. The second-order valence-electron chi connectivity index (χ2n) is 6.23. The molecule has 3 heterocycles. The fraction of sp³-hybridized carbons (Fsp3) is 0.471. The number of rotatable bonds is 2. The van der Waals surface area contributed by atoms with Crippen LogP contribution in [0.5, 0.6) is 0 Å². The quantitative estimate of drug-likeness (QED) is 0.927. The second-order valence-corrected chi connectivity index (χ2v) is 6.23. The lowest BCUT2D eigenvalue weighted by Crippen LogP contribution is -2.50. The average Bonchev–Trinajstić information content (AvgIpc) is 2.79. The van der Waals surface area contributed by atoms with Crippen molar-refractivity contribution in [2.24, 2.45) is 0 Å². The lowest BCUT2D eigenvalue weighted by atomic mass is 9.95. The molecule has 22 heavy (non-hydrogen) atoms. The number of alkyl halides is 1. The highest BCUT2D eigenvalue weighted by Gasteiger charge is 2.31. The minimum absolute atomic E-state index is 0.391. The van der Waals surface area contributed by atoms with Gasteiger partial charge in [0.2, 0.25) is 0 Å². The van der Waals surface area contributed by atoms with Crippen LogP contribution in [0.25, 0.3) is 16.5 Å². The van der Waals surface area contributed by atoms with Crippen LogP contribution in [0.15, 0.2) is 24.4 Å². The first-order chi connectivity index (χ1) is 10.7. The van der Waals surface area contributed by atoms with Crippen LogP contribution in [0, 0.1) is 6.92 Å². The van der Waals surface area contributed by atoms with Crippen molar-refractivity contribution in [3.05, 3.63) is 35.5 Å². The van der Waals surface area contributed by atoms with Crippen LogP contribution in [0.2, 0.25) is 0 Å². The molecule has 5 heteroatoms. The molecule has 2 aliphatic rings. The summed E-state index contributed by atoms with van der Waals surface area (Å²) in [6.45, 7) is 4.88. The zero-order valence-electron chi connectivity index (χ0n) is 12.7. The molecule has 0 spiro atoms. The molecule has 116 valence electrons.